The number of nitrogens with zero attached hydrogens (tertiary/aromatic N) is 2. The molecule has 146 valence electrons. The summed E-state index contributed by atoms with van der Waals surface area (Å²) in [6.07, 6.45) is 4.22. The third-order valence-corrected chi connectivity index (χ3v) is 4.84. The van der Waals surface area contributed by atoms with Crippen molar-refractivity contribution in [1.82, 2.24) is 14.7 Å². The molecule has 0 spiro atoms. The topological polar surface area (TPSA) is 72.7 Å². The van der Waals surface area contributed by atoms with Gasteiger partial charge < -0.3 is 14.5 Å². The summed E-state index contributed by atoms with van der Waals surface area (Å²) in [7, 11) is 0. The number of halogens is 1. The molecule has 0 aliphatic carbocycles. The lowest BCUT2D eigenvalue weighted by Crippen LogP contribution is -2.45. The Bertz CT molecular complexity index is 971. The van der Waals surface area contributed by atoms with E-state index in [1.165, 1.54) is 0 Å². The molecule has 2 unspecified atom stereocenters. The zero-order valence-electron chi connectivity index (χ0n) is 15.8. The molecule has 0 radical (unpaired) electrons. The van der Waals surface area contributed by atoms with Gasteiger partial charge in [0, 0.05) is 18.0 Å². The fraction of sp³-hybridized carbons (Fsp3) is 0.286. The van der Waals surface area contributed by atoms with Crippen molar-refractivity contribution in [2.45, 2.75) is 32.9 Å². The number of ether oxygens (including phenoxy) is 1. The van der Waals surface area contributed by atoms with Crippen molar-refractivity contribution in [2.24, 2.45) is 5.92 Å². The Hall–Kier alpha value is -2.86. The summed E-state index contributed by atoms with van der Waals surface area (Å²) in [5.74, 6) is -0.848. The van der Waals surface area contributed by atoms with Crippen LogP contribution in [0.5, 0.6) is 0 Å². The van der Waals surface area contributed by atoms with Crippen LogP contribution in [0.4, 0.5) is 0 Å². The van der Waals surface area contributed by atoms with E-state index in [0.717, 1.165) is 6.42 Å². The van der Waals surface area contributed by atoms with Gasteiger partial charge in [0.25, 0.3) is 5.91 Å². The molecular weight excluding hydrogens is 378 g/mol. The molecule has 1 amide bonds. The number of imidazole rings is 1. The van der Waals surface area contributed by atoms with E-state index in [9.17, 15) is 9.59 Å². The minimum Gasteiger partial charge on any atom is -0.458 e. The normalized spacial score (nSPS) is 13.1. The molecule has 0 aliphatic rings. The van der Waals surface area contributed by atoms with Gasteiger partial charge in [0.2, 0.25) is 0 Å². The minimum atomic E-state index is -0.732. The zero-order chi connectivity index (χ0) is 20.1. The van der Waals surface area contributed by atoms with Crippen LogP contribution in [0, 0.1) is 5.92 Å². The Morgan fingerprint density at radius 2 is 1.93 bits per heavy atom. The Morgan fingerprint density at radius 3 is 2.64 bits per heavy atom. The van der Waals surface area contributed by atoms with Gasteiger partial charge >= 0.3 is 5.97 Å². The average Bonchev–Trinajstić information content (AvgIpc) is 3.12. The van der Waals surface area contributed by atoms with E-state index in [1.54, 1.807) is 53.2 Å². The van der Waals surface area contributed by atoms with Gasteiger partial charge in [0.1, 0.15) is 18.3 Å². The molecule has 0 bridgehead atoms. The minimum absolute atomic E-state index is 0.0201. The van der Waals surface area contributed by atoms with Crippen molar-refractivity contribution in [3.05, 3.63) is 71.1 Å². The predicted octanol–water partition coefficient (Wildman–Crippen LogP) is 3.88. The number of benzene rings is 1. The van der Waals surface area contributed by atoms with Crippen molar-refractivity contribution in [3.63, 3.8) is 0 Å². The first kappa shape index (κ1) is 19.9. The molecule has 3 rings (SSSR count). The van der Waals surface area contributed by atoms with E-state index >= 15 is 0 Å². The van der Waals surface area contributed by atoms with Crippen molar-refractivity contribution in [1.29, 1.82) is 0 Å². The van der Waals surface area contributed by atoms with E-state index in [1.807, 2.05) is 19.9 Å². The molecule has 7 heteroatoms. The van der Waals surface area contributed by atoms with Crippen LogP contribution < -0.4 is 5.32 Å². The third-order valence-electron chi connectivity index (χ3n) is 4.62. The second-order valence-electron chi connectivity index (χ2n) is 6.66. The van der Waals surface area contributed by atoms with Gasteiger partial charge in [-0.05, 0) is 30.2 Å². The Labute approximate surface area is 168 Å². The Balaban J connectivity index is 1.67. The molecule has 0 saturated carbocycles. The van der Waals surface area contributed by atoms with Crippen LogP contribution in [-0.2, 0) is 16.1 Å². The molecule has 6 nitrogen and oxygen atoms in total. The molecule has 1 N–H and O–H groups in total. The predicted molar refractivity (Wildman–Crippen MR) is 107 cm³/mol. The molecule has 0 fully saturated rings. The van der Waals surface area contributed by atoms with Crippen molar-refractivity contribution < 1.29 is 14.3 Å². The van der Waals surface area contributed by atoms with E-state index in [-0.39, 0.29) is 18.4 Å². The van der Waals surface area contributed by atoms with Crippen LogP contribution in [0.2, 0.25) is 5.02 Å². The molecule has 28 heavy (non-hydrogen) atoms. The number of aromatic nitrogens is 2. The van der Waals surface area contributed by atoms with Crippen LogP contribution in [0.25, 0.3) is 5.65 Å². The summed E-state index contributed by atoms with van der Waals surface area (Å²) >= 11 is 5.97. The first-order chi connectivity index (χ1) is 13.5. The molecule has 1 aromatic carbocycles. The molecular formula is C21H22ClN3O3. The quantitative estimate of drug-likeness (QED) is 0.612. The lowest BCUT2D eigenvalue weighted by molar-refractivity contribution is -0.148. The van der Waals surface area contributed by atoms with Crippen LogP contribution >= 0.6 is 11.6 Å². The lowest BCUT2D eigenvalue weighted by Gasteiger charge is -2.22. The first-order valence-electron chi connectivity index (χ1n) is 9.13. The van der Waals surface area contributed by atoms with Gasteiger partial charge in [-0.15, -0.1) is 0 Å². The second kappa shape index (κ2) is 8.89. The van der Waals surface area contributed by atoms with E-state index in [2.05, 4.69) is 10.3 Å². The number of nitrogens with one attached hydrogen (secondary N) is 1. The fourth-order valence-corrected chi connectivity index (χ4v) is 2.97. The monoisotopic (exact) mass is 399 g/mol. The first-order valence-corrected chi connectivity index (χ1v) is 9.51. The number of carbonyl (C=O) groups is 2. The number of fused-ring (bicyclic) bond motifs is 1. The van der Waals surface area contributed by atoms with Gasteiger partial charge in [-0.3, -0.25) is 4.79 Å². The molecule has 2 aromatic heterocycles. The number of amides is 1. The SMILES string of the molecule is CCC(C)C(NC(=O)c1ccccc1)C(=O)OCc1cn2cc(Cl)ccc2n1. The van der Waals surface area contributed by atoms with Crippen molar-refractivity contribution >= 4 is 29.1 Å². The van der Waals surface area contributed by atoms with Gasteiger partial charge in [-0.2, -0.15) is 0 Å². The standard InChI is InChI=1S/C21H22ClN3O3/c1-3-14(2)19(24-20(26)15-7-5-4-6-8-15)21(27)28-13-17-12-25-11-16(22)9-10-18(25)23-17/h4-12,14,19H,3,13H2,1-2H3,(H,24,26). The Morgan fingerprint density at radius 1 is 1.18 bits per heavy atom. The van der Waals surface area contributed by atoms with Crippen molar-refractivity contribution in [3.8, 4) is 0 Å². The number of hydrogen-bond acceptors (Lipinski definition) is 4. The van der Waals surface area contributed by atoms with Gasteiger partial charge in [-0.1, -0.05) is 50.1 Å². The molecule has 2 heterocycles. The maximum atomic E-state index is 12.7. The van der Waals surface area contributed by atoms with E-state index in [4.69, 9.17) is 16.3 Å². The summed E-state index contributed by atoms with van der Waals surface area (Å²) in [5, 5.41) is 3.39. The number of rotatable bonds is 7. The summed E-state index contributed by atoms with van der Waals surface area (Å²) in [6, 6.07) is 11.6. The Kier molecular flexibility index (Phi) is 6.31. The van der Waals surface area contributed by atoms with Crippen LogP contribution in [-0.4, -0.2) is 27.3 Å². The van der Waals surface area contributed by atoms with E-state index < -0.39 is 12.0 Å². The fourth-order valence-electron chi connectivity index (χ4n) is 2.80. The van der Waals surface area contributed by atoms with Crippen LogP contribution in [0.15, 0.2) is 54.9 Å². The molecule has 2 atom stereocenters. The number of pyridine rings is 1. The second-order valence-corrected chi connectivity index (χ2v) is 7.09. The highest BCUT2D eigenvalue weighted by Crippen LogP contribution is 2.14. The third kappa shape index (κ3) is 4.70. The number of esters is 1. The highest BCUT2D eigenvalue weighted by Gasteiger charge is 2.28. The van der Waals surface area contributed by atoms with Crippen molar-refractivity contribution in [2.75, 3.05) is 0 Å². The van der Waals surface area contributed by atoms with E-state index in [0.29, 0.717) is 21.9 Å². The molecule has 3 aromatic rings. The summed E-state index contributed by atoms with van der Waals surface area (Å²) < 4.78 is 7.22. The van der Waals surface area contributed by atoms with Gasteiger partial charge in [-0.25, -0.2) is 9.78 Å². The number of hydrogen-bond donors (Lipinski definition) is 1. The molecule has 0 saturated heterocycles. The maximum Gasteiger partial charge on any atom is 0.329 e. The summed E-state index contributed by atoms with van der Waals surface area (Å²) in [5.41, 5.74) is 1.82. The lowest BCUT2D eigenvalue weighted by atomic mass is 9.99. The molecule has 0 aliphatic heterocycles. The number of carbonyl (C=O) groups excluding carboxylic acids is 2. The summed E-state index contributed by atoms with van der Waals surface area (Å²) in [6.45, 7) is 3.89. The zero-order valence-corrected chi connectivity index (χ0v) is 16.5. The highest BCUT2D eigenvalue weighted by molar-refractivity contribution is 6.30. The largest absolute Gasteiger partial charge is 0.458 e. The average molecular weight is 400 g/mol. The smallest absolute Gasteiger partial charge is 0.329 e. The van der Waals surface area contributed by atoms with Gasteiger partial charge in [0.05, 0.1) is 10.7 Å². The maximum absolute atomic E-state index is 12.7. The van der Waals surface area contributed by atoms with Crippen LogP contribution in [0.3, 0.4) is 0 Å². The summed E-state index contributed by atoms with van der Waals surface area (Å²) in [4.78, 5) is 29.5. The van der Waals surface area contributed by atoms with Gasteiger partial charge in [0.15, 0.2) is 0 Å². The highest BCUT2D eigenvalue weighted by atomic mass is 35.5. The van der Waals surface area contributed by atoms with Crippen LogP contribution in [0.1, 0.15) is 36.3 Å².